The lowest BCUT2D eigenvalue weighted by molar-refractivity contribution is -0.0221. The maximum atomic E-state index is 5.62. The third-order valence-corrected chi connectivity index (χ3v) is 3.29. The molecule has 0 amide bonds. The highest BCUT2D eigenvalue weighted by Crippen LogP contribution is 2.25. The van der Waals surface area contributed by atoms with E-state index in [0.717, 1.165) is 6.42 Å². The number of nitrogens with zero attached hydrogens (tertiary/aromatic N) is 2. The van der Waals surface area contributed by atoms with E-state index in [1.54, 1.807) is 0 Å². The van der Waals surface area contributed by atoms with Crippen LogP contribution in [0.1, 0.15) is 58.7 Å². The first-order chi connectivity index (χ1) is 8.46. The number of hydrogen-bond donors (Lipinski definition) is 1. The van der Waals surface area contributed by atoms with Crippen LogP contribution < -0.4 is 5.32 Å². The number of aromatic nitrogens is 2. The van der Waals surface area contributed by atoms with Crippen molar-refractivity contribution in [1.29, 1.82) is 0 Å². The van der Waals surface area contributed by atoms with E-state index in [1.807, 2.05) is 27.8 Å². The van der Waals surface area contributed by atoms with E-state index in [0.29, 0.717) is 24.4 Å². The highest BCUT2D eigenvalue weighted by atomic mass is 16.5. The summed E-state index contributed by atoms with van der Waals surface area (Å²) >= 11 is 0. The van der Waals surface area contributed by atoms with Crippen LogP contribution in [0.3, 0.4) is 0 Å². The van der Waals surface area contributed by atoms with Crippen LogP contribution in [0.5, 0.6) is 0 Å². The molecule has 1 rings (SSSR count). The molecule has 104 valence electrons. The fourth-order valence-electron chi connectivity index (χ4n) is 2.07. The van der Waals surface area contributed by atoms with Crippen LogP contribution in [0.4, 0.5) is 0 Å². The van der Waals surface area contributed by atoms with Crippen molar-refractivity contribution in [2.24, 2.45) is 0 Å². The Kier molecular flexibility index (Phi) is 5.28. The minimum atomic E-state index is -0.502. The molecule has 1 N–H and O–H groups in total. The van der Waals surface area contributed by atoms with Gasteiger partial charge in [-0.2, -0.15) is 4.98 Å². The topological polar surface area (TPSA) is 60.2 Å². The third-order valence-electron chi connectivity index (χ3n) is 3.29. The molecular weight excluding hydrogens is 230 g/mol. The van der Waals surface area contributed by atoms with Crippen LogP contribution >= 0.6 is 0 Å². The summed E-state index contributed by atoms with van der Waals surface area (Å²) in [5, 5.41) is 7.30. The predicted octanol–water partition coefficient (Wildman–Crippen LogP) is 2.44. The maximum Gasteiger partial charge on any atom is 0.231 e. The van der Waals surface area contributed by atoms with E-state index in [2.05, 4.69) is 29.3 Å². The maximum absolute atomic E-state index is 5.62. The molecule has 0 saturated heterocycles. The van der Waals surface area contributed by atoms with Gasteiger partial charge in [0.05, 0.1) is 5.92 Å². The molecule has 0 aliphatic carbocycles. The van der Waals surface area contributed by atoms with Gasteiger partial charge in [-0.15, -0.1) is 0 Å². The van der Waals surface area contributed by atoms with Crippen molar-refractivity contribution in [2.75, 3.05) is 13.7 Å². The number of nitrogens with one attached hydrogen (secondary N) is 1. The summed E-state index contributed by atoms with van der Waals surface area (Å²) < 4.78 is 11.0. The first-order valence-electron chi connectivity index (χ1n) is 6.61. The van der Waals surface area contributed by atoms with Crippen molar-refractivity contribution in [2.45, 2.75) is 58.6 Å². The van der Waals surface area contributed by atoms with Crippen LogP contribution in [0, 0.1) is 0 Å². The van der Waals surface area contributed by atoms with Gasteiger partial charge in [0, 0.05) is 12.6 Å². The lowest BCUT2D eigenvalue weighted by Crippen LogP contribution is -2.30. The average molecular weight is 255 g/mol. The zero-order valence-corrected chi connectivity index (χ0v) is 12.3. The van der Waals surface area contributed by atoms with Gasteiger partial charge in [-0.3, -0.25) is 0 Å². The third kappa shape index (κ3) is 3.29. The van der Waals surface area contributed by atoms with Crippen molar-refractivity contribution in [1.82, 2.24) is 15.5 Å². The van der Waals surface area contributed by atoms with Crippen molar-refractivity contribution in [3.8, 4) is 0 Å². The van der Waals surface area contributed by atoms with Gasteiger partial charge < -0.3 is 14.6 Å². The molecule has 0 radical (unpaired) electrons. The molecule has 0 fully saturated rings. The monoisotopic (exact) mass is 255 g/mol. The molecule has 18 heavy (non-hydrogen) atoms. The van der Waals surface area contributed by atoms with E-state index in [-0.39, 0.29) is 5.92 Å². The van der Waals surface area contributed by atoms with E-state index in [1.165, 1.54) is 0 Å². The van der Waals surface area contributed by atoms with E-state index in [4.69, 9.17) is 9.26 Å². The minimum Gasteiger partial charge on any atom is -0.368 e. The number of rotatable bonds is 7. The molecule has 0 aliphatic rings. The van der Waals surface area contributed by atoms with Gasteiger partial charge in [0.2, 0.25) is 11.7 Å². The Labute approximate surface area is 109 Å². The number of hydrogen-bond acceptors (Lipinski definition) is 5. The zero-order valence-electron chi connectivity index (χ0n) is 12.3. The van der Waals surface area contributed by atoms with Crippen molar-refractivity contribution in [3.05, 3.63) is 11.7 Å². The standard InChI is InChI=1S/C13H25N3O2/c1-7-10(14-6)9(3)11-15-12(16-18-11)13(4,5)17-8-2/h9-10,14H,7-8H2,1-6H3. The lowest BCUT2D eigenvalue weighted by atomic mass is 10.00. The fraction of sp³-hybridized carbons (Fsp3) is 0.846. The normalized spacial score (nSPS) is 15.7. The Morgan fingerprint density at radius 3 is 2.56 bits per heavy atom. The Hall–Kier alpha value is -0.940. The Bertz CT molecular complexity index is 359. The molecule has 5 heteroatoms. The van der Waals surface area contributed by atoms with Gasteiger partial charge in [0.25, 0.3) is 0 Å². The summed E-state index contributed by atoms with van der Waals surface area (Å²) in [6.45, 7) is 10.7. The van der Waals surface area contributed by atoms with Gasteiger partial charge in [-0.05, 0) is 34.2 Å². The Balaban J connectivity index is 2.85. The van der Waals surface area contributed by atoms with Crippen LogP contribution in [0.2, 0.25) is 0 Å². The van der Waals surface area contributed by atoms with Crippen LogP contribution in [-0.4, -0.2) is 29.8 Å². The smallest absolute Gasteiger partial charge is 0.231 e. The van der Waals surface area contributed by atoms with Gasteiger partial charge in [-0.1, -0.05) is 19.0 Å². The van der Waals surface area contributed by atoms with Crippen molar-refractivity contribution >= 4 is 0 Å². The van der Waals surface area contributed by atoms with Crippen molar-refractivity contribution < 1.29 is 9.26 Å². The summed E-state index contributed by atoms with van der Waals surface area (Å²) in [4.78, 5) is 4.47. The molecule has 1 aromatic heterocycles. The highest BCUT2D eigenvalue weighted by Gasteiger charge is 2.29. The van der Waals surface area contributed by atoms with Crippen LogP contribution in [-0.2, 0) is 10.3 Å². The SMILES string of the molecule is CCOC(C)(C)c1noc(C(C)C(CC)NC)n1. The van der Waals surface area contributed by atoms with Crippen molar-refractivity contribution in [3.63, 3.8) is 0 Å². The first kappa shape index (κ1) is 15.1. The largest absolute Gasteiger partial charge is 0.368 e. The molecule has 0 aliphatic heterocycles. The van der Waals surface area contributed by atoms with Crippen LogP contribution in [0.25, 0.3) is 0 Å². The summed E-state index contributed by atoms with van der Waals surface area (Å²) in [6, 6.07) is 0.341. The minimum absolute atomic E-state index is 0.193. The molecule has 2 atom stereocenters. The summed E-state index contributed by atoms with van der Waals surface area (Å²) in [5.74, 6) is 1.47. The second-order valence-electron chi connectivity index (χ2n) is 4.99. The molecule has 1 aromatic rings. The van der Waals surface area contributed by atoms with E-state index < -0.39 is 5.60 Å². The van der Waals surface area contributed by atoms with Gasteiger partial charge in [0.15, 0.2) is 0 Å². The predicted molar refractivity (Wildman–Crippen MR) is 70.5 cm³/mol. The summed E-state index contributed by atoms with van der Waals surface area (Å²) in [6.07, 6.45) is 1.02. The molecular formula is C13H25N3O2. The molecule has 1 heterocycles. The molecule has 5 nitrogen and oxygen atoms in total. The first-order valence-corrected chi connectivity index (χ1v) is 6.61. The van der Waals surface area contributed by atoms with Gasteiger partial charge in [0.1, 0.15) is 5.60 Å². The average Bonchev–Trinajstić information content (AvgIpc) is 2.80. The van der Waals surface area contributed by atoms with Crippen LogP contribution in [0.15, 0.2) is 4.52 Å². The molecule has 0 bridgehead atoms. The second kappa shape index (κ2) is 6.29. The quantitative estimate of drug-likeness (QED) is 0.811. The molecule has 0 spiro atoms. The zero-order chi connectivity index (χ0) is 13.8. The summed E-state index contributed by atoms with van der Waals surface area (Å²) in [7, 11) is 1.95. The lowest BCUT2D eigenvalue weighted by Gasteiger charge is -2.20. The fourth-order valence-corrected chi connectivity index (χ4v) is 2.07. The second-order valence-corrected chi connectivity index (χ2v) is 4.99. The van der Waals surface area contributed by atoms with E-state index in [9.17, 15) is 0 Å². The Morgan fingerprint density at radius 2 is 2.06 bits per heavy atom. The number of ether oxygens (including phenoxy) is 1. The molecule has 0 aromatic carbocycles. The highest BCUT2D eigenvalue weighted by molar-refractivity contribution is 5.02. The Morgan fingerprint density at radius 1 is 1.39 bits per heavy atom. The molecule has 0 saturated carbocycles. The summed E-state index contributed by atoms with van der Waals surface area (Å²) in [5.41, 5.74) is -0.502. The van der Waals surface area contributed by atoms with Gasteiger partial charge in [-0.25, -0.2) is 0 Å². The van der Waals surface area contributed by atoms with E-state index >= 15 is 0 Å². The van der Waals surface area contributed by atoms with Gasteiger partial charge >= 0.3 is 0 Å². The number of likely N-dealkylation sites (N-methyl/N-ethyl adjacent to an activating group) is 1. The molecule has 2 unspecified atom stereocenters.